The first kappa shape index (κ1) is 20.5. The number of benzene rings is 1. The Morgan fingerprint density at radius 2 is 1.92 bits per heavy atom. The van der Waals surface area contributed by atoms with E-state index in [0.29, 0.717) is 0 Å². The molecule has 7 nitrogen and oxygen atoms in total. The SMILES string of the molecule is CC(NC(=O)[C@H](NC(=O)CN)[C@H](C)O)c1nc(-c2ccc(Br)cc2)cs1. The van der Waals surface area contributed by atoms with Crippen LogP contribution in [0.2, 0.25) is 0 Å². The molecule has 26 heavy (non-hydrogen) atoms. The molecular formula is C17H21BrN4O3S. The monoisotopic (exact) mass is 440 g/mol. The molecule has 140 valence electrons. The zero-order valence-electron chi connectivity index (χ0n) is 14.4. The first-order chi connectivity index (χ1) is 12.3. The predicted octanol–water partition coefficient (Wildman–Crippen LogP) is 1.57. The molecule has 0 saturated heterocycles. The van der Waals surface area contributed by atoms with E-state index in [4.69, 9.17) is 5.73 Å². The Kier molecular flexibility index (Phi) is 7.27. The van der Waals surface area contributed by atoms with Gasteiger partial charge in [-0.3, -0.25) is 9.59 Å². The summed E-state index contributed by atoms with van der Waals surface area (Å²) in [5.74, 6) is -1.000. The van der Waals surface area contributed by atoms with Crippen LogP contribution in [0.25, 0.3) is 11.3 Å². The van der Waals surface area contributed by atoms with Crippen LogP contribution < -0.4 is 16.4 Å². The molecule has 0 aliphatic rings. The number of nitrogens with zero attached hydrogens (tertiary/aromatic N) is 1. The Labute approximate surface area is 164 Å². The maximum Gasteiger partial charge on any atom is 0.245 e. The summed E-state index contributed by atoms with van der Waals surface area (Å²) in [5, 5.41) is 17.6. The van der Waals surface area contributed by atoms with Crippen LogP contribution in [0.1, 0.15) is 24.9 Å². The second-order valence-electron chi connectivity index (χ2n) is 5.80. The van der Waals surface area contributed by atoms with Crippen molar-refractivity contribution >= 4 is 39.1 Å². The molecule has 1 unspecified atom stereocenters. The van der Waals surface area contributed by atoms with Crippen molar-refractivity contribution in [1.29, 1.82) is 0 Å². The van der Waals surface area contributed by atoms with Gasteiger partial charge in [0.25, 0.3) is 0 Å². The fraction of sp³-hybridized carbons (Fsp3) is 0.353. The van der Waals surface area contributed by atoms with Gasteiger partial charge < -0.3 is 21.5 Å². The largest absolute Gasteiger partial charge is 0.391 e. The molecule has 1 aromatic carbocycles. The average Bonchev–Trinajstić information content (AvgIpc) is 3.09. The number of aliphatic hydroxyl groups excluding tert-OH is 1. The Morgan fingerprint density at radius 1 is 1.27 bits per heavy atom. The molecule has 0 spiro atoms. The number of thiazole rings is 1. The number of carbonyl (C=O) groups is 2. The summed E-state index contributed by atoms with van der Waals surface area (Å²) in [6, 6.07) is 6.35. The van der Waals surface area contributed by atoms with Crippen molar-refractivity contribution in [3.05, 3.63) is 39.1 Å². The summed E-state index contributed by atoms with van der Waals surface area (Å²) in [4.78, 5) is 28.4. The maximum absolute atomic E-state index is 12.4. The molecule has 2 amide bonds. The summed E-state index contributed by atoms with van der Waals surface area (Å²) < 4.78 is 0.987. The van der Waals surface area contributed by atoms with Crippen LogP contribution in [0.3, 0.4) is 0 Å². The highest BCUT2D eigenvalue weighted by Gasteiger charge is 2.27. The molecule has 9 heteroatoms. The highest BCUT2D eigenvalue weighted by Crippen LogP contribution is 2.26. The van der Waals surface area contributed by atoms with E-state index in [-0.39, 0.29) is 12.6 Å². The second kappa shape index (κ2) is 9.22. The van der Waals surface area contributed by atoms with Gasteiger partial charge in [-0.15, -0.1) is 11.3 Å². The minimum Gasteiger partial charge on any atom is -0.391 e. The van der Waals surface area contributed by atoms with E-state index in [1.165, 1.54) is 18.3 Å². The summed E-state index contributed by atoms with van der Waals surface area (Å²) >= 11 is 4.83. The molecule has 3 atom stereocenters. The molecule has 0 fully saturated rings. The third kappa shape index (κ3) is 5.34. The number of carbonyl (C=O) groups excluding carboxylic acids is 2. The molecule has 0 aliphatic heterocycles. The standard InChI is InChI=1S/C17H21BrN4O3S/c1-9(20-16(25)15(10(2)23)22-14(24)7-19)17-21-13(8-26-17)11-3-5-12(18)6-4-11/h3-6,8-10,15,23H,7,19H2,1-2H3,(H,20,25)(H,22,24)/t9?,10-,15+/m0/s1. The fourth-order valence-corrected chi connectivity index (χ4v) is 3.34. The number of nitrogens with one attached hydrogen (secondary N) is 2. The van der Waals surface area contributed by atoms with Crippen molar-refractivity contribution in [3.63, 3.8) is 0 Å². The number of amides is 2. The molecule has 5 N–H and O–H groups in total. The van der Waals surface area contributed by atoms with Crippen LogP contribution in [0, 0.1) is 0 Å². The van der Waals surface area contributed by atoms with Gasteiger partial charge in [0, 0.05) is 15.4 Å². The van der Waals surface area contributed by atoms with E-state index in [2.05, 4.69) is 31.5 Å². The minimum absolute atomic E-state index is 0.255. The highest BCUT2D eigenvalue weighted by atomic mass is 79.9. The number of aromatic nitrogens is 1. The predicted molar refractivity (Wildman–Crippen MR) is 104 cm³/mol. The first-order valence-corrected chi connectivity index (χ1v) is 9.68. The maximum atomic E-state index is 12.4. The Hall–Kier alpha value is -1.81. The van der Waals surface area contributed by atoms with E-state index in [9.17, 15) is 14.7 Å². The van der Waals surface area contributed by atoms with Crippen molar-refractivity contribution in [1.82, 2.24) is 15.6 Å². The van der Waals surface area contributed by atoms with Crippen molar-refractivity contribution in [2.75, 3.05) is 6.54 Å². The number of hydrogen-bond acceptors (Lipinski definition) is 6. The topological polar surface area (TPSA) is 117 Å². The molecule has 1 heterocycles. The lowest BCUT2D eigenvalue weighted by atomic mass is 10.1. The third-order valence-electron chi connectivity index (χ3n) is 3.66. The van der Waals surface area contributed by atoms with Gasteiger partial charge in [0.2, 0.25) is 11.8 Å². The van der Waals surface area contributed by atoms with Gasteiger partial charge in [-0.2, -0.15) is 0 Å². The quantitative estimate of drug-likeness (QED) is 0.521. The Bertz CT molecular complexity index is 764. The van der Waals surface area contributed by atoms with Crippen molar-refractivity contribution in [3.8, 4) is 11.3 Å². The molecule has 1 aromatic heterocycles. The van der Waals surface area contributed by atoms with Crippen LogP contribution in [-0.2, 0) is 9.59 Å². The number of hydrogen-bond donors (Lipinski definition) is 4. The van der Waals surface area contributed by atoms with Crippen molar-refractivity contribution < 1.29 is 14.7 Å². The van der Waals surface area contributed by atoms with Gasteiger partial charge >= 0.3 is 0 Å². The summed E-state index contributed by atoms with van der Waals surface area (Å²) in [6.45, 7) is 2.97. The van der Waals surface area contributed by atoms with Gasteiger partial charge in [-0.25, -0.2) is 4.98 Å². The van der Waals surface area contributed by atoms with Crippen LogP contribution >= 0.6 is 27.3 Å². The molecule has 2 rings (SSSR count). The Morgan fingerprint density at radius 3 is 2.50 bits per heavy atom. The zero-order valence-corrected chi connectivity index (χ0v) is 16.8. The summed E-state index contributed by atoms with van der Waals surface area (Å²) in [5.41, 5.74) is 7.04. The third-order valence-corrected chi connectivity index (χ3v) is 5.21. The number of rotatable bonds is 7. The van der Waals surface area contributed by atoms with E-state index in [0.717, 1.165) is 20.7 Å². The molecule has 0 saturated carbocycles. The normalized spacial score (nSPS) is 14.3. The number of halogens is 1. The van der Waals surface area contributed by atoms with Gasteiger partial charge in [0.05, 0.1) is 24.4 Å². The van der Waals surface area contributed by atoms with Gasteiger partial charge in [0.1, 0.15) is 11.0 Å². The summed E-state index contributed by atoms with van der Waals surface area (Å²) in [6.07, 6.45) is -1.05. The van der Waals surface area contributed by atoms with Crippen LogP contribution in [-0.4, -0.2) is 40.6 Å². The smallest absolute Gasteiger partial charge is 0.245 e. The molecule has 0 bridgehead atoms. The van der Waals surface area contributed by atoms with E-state index in [1.54, 1.807) is 6.92 Å². The lowest BCUT2D eigenvalue weighted by Crippen LogP contribution is -2.54. The van der Waals surface area contributed by atoms with E-state index >= 15 is 0 Å². The summed E-state index contributed by atoms with van der Waals surface area (Å²) in [7, 11) is 0. The van der Waals surface area contributed by atoms with Crippen molar-refractivity contribution in [2.24, 2.45) is 5.73 Å². The van der Waals surface area contributed by atoms with Crippen LogP contribution in [0.4, 0.5) is 0 Å². The average molecular weight is 441 g/mol. The molecule has 2 aromatic rings. The lowest BCUT2D eigenvalue weighted by molar-refractivity contribution is -0.131. The molecule has 0 radical (unpaired) electrons. The van der Waals surface area contributed by atoms with Crippen molar-refractivity contribution in [2.45, 2.75) is 32.0 Å². The highest BCUT2D eigenvalue weighted by molar-refractivity contribution is 9.10. The minimum atomic E-state index is -1.07. The van der Waals surface area contributed by atoms with Gasteiger partial charge in [0.15, 0.2) is 0 Å². The number of aliphatic hydroxyl groups is 1. The zero-order chi connectivity index (χ0) is 19.3. The van der Waals surface area contributed by atoms with E-state index in [1.807, 2.05) is 29.6 Å². The lowest BCUT2D eigenvalue weighted by Gasteiger charge is -2.22. The van der Waals surface area contributed by atoms with Crippen LogP contribution in [0.15, 0.2) is 34.1 Å². The fourth-order valence-electron chi connectivity index (χ4n) is 2.24. The molecule has 0 aliphatic carbocycles. The van der Waals surface area contributed by atoms with Gasteiger partial charge in [-0.05, 0) is 26.0 Å². The van der Waals surface area contributed by atoms with Gasteiger partial charge in [-0.1, -0.05) is 28.1 Å². The number of nitrogens with two attached hydrogens (primary N) is 1. The molecular weight excluding hydrogens is 420 g/mol. The Balaban J connectivity index is 2.06. The second-order valence-corrected chi connectivity index (χ2v) is 7.60. The first-order valence-electron chi connectivity index (χ1n) is 8.01. The van der Waals surface area contributed by atoms with Crippen LogP contribution in [0.5, 0.6) is 0 Å². The van der Waals surface area contributed by atoms with E-state index < -0.39 is 24.0 Å².